The summed E-state index contributed by atoms with van der Waals surface area (Å²) in [4.78, 5) is 43.5. The molecule has 1 aromatic carbocycles. The molecular weight excluding hydrogens is 352 g/mol. The Morgan fingerprint density at radius 1 is 1.27 bits per heavy atom. The number of carbonyl (C=O) groups excluding carboxylic acids is 3. The Bertz CT molecular complexity index is 847. The molecule has 26 heavy (non-hydrogen) atoms. The Morgan fingerprint density at radius 2 is 1.96 bits per heavy atom. The van der Waals surface area contributed by atoms with Crippen LogP contribution in [0.4, 0.5) is 4.79 Å². The third-order valence-corrected chi connectivity index (χ3v) is 5.33. The average Bonchev–Trinajstić information content (AvgIpc) is 3.14. The lowest BCUT2D eigenvalue weighted by atomic mass is 10.0. The molecule has 0 atom stereocenters. The molecule has 3 rings (SSSR count). The topological polar surface area (TPSA) is 82.6 Å². The summed E-state index contributed by atoms with van der Waals surface area (Å²) < 4.78 is 0. The molecule has 1 saturated heterocycles. The molecular formula is C18H20N4O3S. The van der Waals surface area contributed by atoms with Gasteiger partial charge < -0.3 is 9.80 Å². The molecule has 1 aliphatic rings. The van der Waals surface area contributed by atoms with Gasteiger partial charge in [-0.1, -0.05) is 30.3 Å². The number of hydrogen-bond acceptors (Lipinski definition) is 5. The monoisotopic (exact) mass is 372 g/mol. The number of urea groups is 1. The van der Waals surface area contributed by atoms with Crippen molar-refractivity contribution in [1.29, 1.82) is 0 Å². The van der Waals surface area contributed by atoms with Crippen molar-refractivity contribution in [2.45, 2.75) is 25.9 Å². The first-order valence-corrected chi connectivity index (χ1v) is 9.04. The molecule has 4 amide bonds. The Labute approximate surface area is 155 Å². The molecule has 1 fully saturated rings. The van der Waals surface area contributed by atoms with Crippen molar-refractivity contribution in [3.05, 3.63) is 41.4 Å². The molecule has 0 spiro atoms. The molecule has 2 heterocycles. The molecule has 1 aromatic heterocycles. The number of imide groups is 1. The van der Waals surface area contributed by atoms with Crippen molar-refractivity contribution in [2.24, 2.45) is 0 Å². The Morgan fingerprint density at radius 3 is 2.58 bits per heavy atom. The minimum Gasteiger partial charge on any atom is -0.338 e. The van der Waals surface area contributed by atoms with Gasteiger partial charge in [0.25, 0.3) is 5.91 Å². The van der Waals surface area contributed by atoms with Gasteiger partial charge in [-0.05, 0) is 13.8 Å². The smallest absolute Gasteiger partial charge is 0.325 e. The Kier molecular flexibility index (Phi) is 4.78. The van der Waals surface area contributed by atoms with Gasteiger partial charge in [0, 0.05) is 18.0 Å². The summed E-state index contributed by atoms with van der Waals surface area (Å²) in [6.45, 7) is 3.42. The number of carbonyl (C=O) groups is 3. The largest absolute Gasteiger partial charge is 0.338 e. The van der Waals surface area contributed by atoms with Gasteiger partial charge in [0.15, 0.2) is 0 Å². The summed E-state index contributed by atoms with van der Waals surface area (Å²) in [5.74, 6) is -0.651. The van der Waals surface area contributed by atoms with Gasteiger partial charge in [0.05, 0.1) is 12.2 Å². The fourth-order valence-electron chi connectivity index (χ4n) is 2.64. The number of nitrogens with zero attached hydrogens (tertiary/aromatic N) is 3. The van der Waals surface area contributed by atoms with Crippen LogP contribution in [0, 0.1) is 0 Å². The van der Waals surface area contributed by atoms with E-state index in [0.717, 1.165) is 16.3 Å². The van der Waals surface area contributed by atoms with E-state index < -0.39 is 17.5 Å². The van der Waals surface area contributed by atoms with Gasteiger partial charge in [-0.15, -0.1) is 11.3 Å². The lowest BCUT2D eigenvalue weighted by Gasteiger charge is -2.29. The zero-order valence-electron chi connectivity index (χ0n) is 14.9. The number of hydrogen-bond donors (Lipinski definition) is 1. The first kappa shape index (κ1) is 18.1. The van der Waals surface area contributed by atoms with Crippen LogP contribution in [0.25, 0.3) is 10.6 Å². The van der Waals surface area contributed by atoms with Crippen molar-refractivity contribution in [3.8, 4) is 10.6 Å². The van der Waals surface area contributed by atoms with Crippen LogP contribution in [-0.2, 0) is 16.1 Å². The van der Waals surface area contributed by atoms with E-state index in [1.54, 1.807) is 20.9 Å². The van der Waals surface area contributed by atoms with E-state index in [4.69, 9.17) is 0 Å². The molecule has 1 aliphatic heterocycles. The SMILES string of the molecule is CN(Cc1csc(-c2ccccc2)n1)C(=O)CN1C(=O)NC(=O)C1(C)C. The molecule has 0 aliphatic carbocycles. The second-order valence-electron chi connectivity index (χ2n) is 6.66. The van der Waals surface area contributed by atoms with E-state index in [-0.39, 0.29) is 12.5 Å². The minimum absolute atomic E-state index is 0.156. The summed E-state index contributed by atoms with van der Waals surface area (Å²) in [6, 6.07) is 9.30. The maximum Gasteiger partial charge on any atom is 0.325 e. The minimum atomic E-state index is -1.03. The normalized spacial score (nSPS) is 15.9. The van der Waals surface area contributed by atoms with Gasteiger partial charge >= 0.3 is 6.03 Å². The van der Waals surface area contributed by atoms with Gasteiger partial charge in [0.2, 0.25) is 5.91 Å². The van der Waals surface area contributed by atoms with Crippen LogP contribution in [0.3, 0.4) is 0 Å². The Hall–Kier alpha value is -2.74. The lowest BCUT2D eigenvalue weighted by Crippen LogP contribution is -2.49. The molecule has 1 N–H and O–H groups in total. The third-order valence-electron chi connectivity index (χ3n) is 4.39. The second-order valence-corrected chi connectivity index (χ2v) is 7.52. The fourth-order valence-corrected chi connectivity index (χ4v) is 3.46. The van der Waals surface area contributed by atoms with E-state index in [0.29, 0.717) is 6.54 Å². The molecule has 0 saturated carbocycles. The highest BCUT2D eigenvalue weighted by Crippen LogP contribution is 2.24. The summed E-state index contributed by atoms with van der Waals surface area (Å²) >= 11 is 1.52. The van der Waals surface area contributed by atoms with Gasteiger partial charge in [-0.3, -0.25) is 14.9 Å². The summed E-state index contributed by atoms with van der Waals surface area (Å²) in [5, 5.41) is 5.05. The van der Waals surface area contributed by atoms with E-state index in [1.807, 2.05) is 35.7 Å². The van der Waals surface area contributed by atoms with Crippen molar-refractivity contribution < 1.29 is 14.4 Å². The lowest BCUT2D eigenvalue weighted by molar-refractivity contribution is -0.133. The summed E-state index contributed by atoms with van der Waals surface area (Å²) in [5.41, 5.74) is 0.784. The molecule has 0 unspecified atom stereocenters. The quantitative estimate of drug-likeness (QED) is 0.815. The molecule has 2 aromatic rings. The summed E-state index contributed by atoms with van der Waals surface area (Å²) in [7, 11) is 1.66. The van der Waals surface area contributed by atoms with E-state index >= 15 is 0 Å². The molecule has 8 heteroatoms. The van der Waals surface area contributed by atoms with Crippen LogP contribution in [0.15, 0.2) is 35.7 Å². The zero-order valence-corrected chi connectivity index (χ0v) is 15.7. The van der Waals surface area contributed by atoms with Crippen molar-refractivity contribution in [1.82, 2.24) is 20.1 Å². The Balaban J connectivity index is 1.64. The van der Waals surface area contributed by atoms with Crippen molar-refractivity contribution in [2.75, 3.05) is 13.6 Å². The third kappa shape index (κ3) is 3.45. The number of likely N-dealkylation sites (N-methyl/N-ethyl adjacent to an activating group) is 1. The number of thiazole rings is 1. The van der Waals surface area contributed by atoms with Crippen LogP contribution in [0.2, 0.25) is 0 Å². The van der Waals surface area contributed by atoms with Gasteiger partial charge in [-0.25, -0.2) is 9.78 Å². The number of nitrogens with one attached hydrogen (secondary N) is 1. The zero-order chi connectivity index (χ0) is 18.9. The number of rotatable bonds is 5. The second kappa shape index (κ2) is 6.87. The standard InChI is InChI=1S/C18H20N4O3S/c1-18(2)16(24)20-17(25)22(18)10-14(23)21(3)9-13-11-26-15(19-13)12-7-5-4-6-8-12/h4-8,11H,9-10H2,1-3H3,(H,20,24,25). The van der Waals surface area contributed by atoms with Gasteiger partial charge in [-0.2, -0.15) is 0 Å². The van der Waals surface area contributed by atoms with Crippen LogP contribution < -0.4 is 5.32 Å². The van der Waals surface area contributed by atoms with Crippen LogP contribution >= 0.6 is 11.3 Å². The average molecular weight is 372 g/mol. The predicted octanol–water partition coefficient (Wildman–Crippen LogP) is 2.10. The molecule has 7 nitrogen and oxygen atoms in total. The maximum atomic E-state index is 12.5. The molecule has 136 valence electrons. The van der Waals surface area contributed by atoms with Crippen molar-refractivity contribution >= 4 is 29.2 Å². The highest BCUT2D eigenvalue weighted by molar-refractivity contribution is 7.13. The first-order valence-electron chi connectivity index (χ1n) is 8.16. The highest BCUT2D eigenvalue weighted by atomic mass is 32.1. The number of benzene rings is 1. The molecule has 0 bridgehead atoms. The highest BCUT2D eigenvalue weighted by Gasteiger charge is 2.46. The van der Waals surface area contributed by atoms with E-state index in [1.165, 1.54) is 21.1 Å². The first-order chi connectivity index (χ1) is 12.3. The van der Waals surface area contributed by atoms with Crippen LogP contribution in [0.1, 0.15) is 19.5 Å². The van der Waals surface area contributed by atoms with Crippen LogP contribution in [0.5, 0.6) is 0 Å². The maximum absolute atomic E-state index is 12.5. The number of aromatic nitrogens is 1. The molecule has 0 radical (unpaired) electrons. The van der Waals surface area contributed by atoms with Crippen LogP contribution in [-0.4, -0.2) is 51.8 Å². The van der Waals surface area contributed by atoms with E-state index in [2.05, 4.69) is 10.3 Å². The van der Waals surface area contributed by atoms with Crippen molar-refractivity contribution in [3.63, 3.8) is 0 Å². The summed E-state index contributed by atoms with van der Waals surface area (Å²) in [6.07, 6.45) is 0. The number of amides is 4. The fraction of sp³-hybridized carbons (Fsp3) is 0.333. The predicted molar refractivity (Wildman–Crippen MR) is 98.3 cm³/mol. The van der Waals surface area contributed by atoms with Gasteiger partial charge in [0.1, 0.15) is 17.1 Å². The van der Waals surface area contributed by atoms with E-state index in [9.17, 15) is 14.4 Å².